The minimum absolute atomic E-state index is 0.586. The summed E-state index contributed by atoms with van der Waals surface area (Å²) in [6, 6.07) is 5.12. The molecule has 0 radical (unpaired) electrons. The molecule has 2 heterocycles. The summed E-state index contributed by atoms with van der Waals surface area (Å²) in [7, 11) is 0. The van der Waals surface area contributed by atoms with Crippen molar-refractivity contribution in [1.82, 2.24) is 4.90 Å². The molecule has 0 bridgehead atoms. The summed E-state index contributed by atoms with van der Waals surface area (Å²) in [6.07, 6.45) is 17.0. The molecule has 0 amide bonds. The van der Waals surface area contributed by atoms with Crippen molar-refractivity contribution in [2.75, 3.05) is 6.54 Å². The van der Waals surface area contributed by atoms with Gasteiger partial charge in [0, 0.05) is 29.9 Å². The molecule has 2 aliphatic heterocycles. The van der Waals surface area contributed by atoms with Crippen LogP contribution in [0.15, 0.2) is 54.3 Å². The van der Waals surface area contributed by atoms with E-state index < -0.39 is 0 Å². The maximum absolute atomic E-state index is 4.43. The highest BCUT2D eigenvalue weighted by Gasteiger charge is 2.31. The standard InChI is InChI=1S/C32H47N/c1-8-11-12-13-15-27-20-29-28(17-16-23(4)5)21-33-22-31(24(6)14-9-2)25(7)18-32(33)30(29)19-26(27)10-3/h18-20,22-23,28H,6-17,21H2,1-5H3. The highest BCUT2D eigenvalue weighted by molar-refractivity contribution is 5.77. The van der Waals surface area contributed by atoms with Crippen LogP contribution in [-0.4, -0.2) is 11.4 Å². The fourth-order valence-corrected chi connectivity index (χ4v) is 5.46. The topological polar surface area (TPSA) is 3.24 Å². The Morgan fingerprint density at radius 3 is 2.52 bits per heavy atom. The van der Waals surface area contributed by atoms with Crippen LogP contribution in [0.4, 0.5) is 0 Å². The number of fused-ring (bicyclic) bond motifs is 3. The summed E-state index contributed by atoms with van der Waals surface area (Å²) >= 11 is 0. The van der Waals surface area contributed by atoms with Gasteiger partial charge in [-0.15, -0.1) is 0 Å². The van der Waals surface area contributed by atoms with Gasteiger partial charge in [0.15, 0.2) is 0 Å². The van der Waals surface area contributed by atoms with Crippen molar-refractivity contribution in [2.45, 2.75) is 105 Å². The molecule has 0 aromatic heterocycles. The molecule has 1 nitrogen and oxygen atoms in total. The van der Waals surface area contributed by atoms with Crippen LogP contribution in [-0.2, 0) is 12.8 Å². The summed E-state index contributed by atoms with van der Waals surface area (Å²) < 4.78 is 0. The lowest BCUT2D eigenvalue weighted by atomic mass is 9.79. The third-order valence-corrected chi connectivity index (χ3v) is 7.46. The Kier molecular flexibility index (Phi) is 9.24. The highest BCUT2D eigenvalue weighted by atomic mass is 15.1. The first kappa shape index (κ1) is 25.6. The molecule has 3 rings (SSSR count). The van der Waals surface area contributed by atoms with Crippen molar-refractivity contribution < 1.29 is 0 Å². The van der Waals surface area contributed by atoms with Crippen molar-refractivity contribution in [3.63, 3.8) is 0 Å². The van der Waals surface area contributed by atoms with E-state index in [1.807, 2.05) is 0 Å². The van der Waals surface area contributed by atoms with Crippen LogP contribution in [0.1, 0.15) is 114 Å². The van der Waals surface area contributed by atoms with Gasteiger partial charge in [-0.1, -0.05) is 85.9 Å². The number of hydrogen-bond acceptors (Lipinski definition) is 1. The fraction of sp³-hybridized carbons (Fsp3) is 0.562. The van der Waals surface area contributed by atoms with Gasteiger partial charge in [-0.3, -0.25) is 0 Å². The SMILES string of the molecule is C=C1C=C2c3cc(CC)c(CCCCCC)cc3C(CCC(C)C)CN2C=C1C(=C)CCC. The molecule has 1 unspecified atom stereocenters. The summed E-state index contributed by atoms with van der Waals surface area (Å²) in [5.41, 5.74) is 11.1. The quantitative estimate of drug-likeness (QED) is 0.290. The van der Waals surface area contributed by atoms with Gasteiger partial charge in [-0.2, -0.15) is 0 Å². The van der Waals surface area contributed by atoms with Crippen LogP contribution in [0.2, 0.25) is 0 Å². The first-order valence-corrected chi connectivity index (χ1v) is 13.6. The van der Waals surface area contributed by atoms with E-state index in [-0.39, 0.29) is 0 Å². The number of unbranched alkanes of at least 4 members (excludes halogenated alkanes) is 3. The Morgan fingerprint density at radius 2 is 1.85 bits per heavy atom. The second-order valence-electron chi connectivity index (χ2n) is 10.6. The zero-order valence-corrected chi connectivity index (χ0v) is 22.1. The van der Waals surface area contributed by atoms with Gasteiger partial charge >= 0.3 is 0 Å². The van der Waals surface area contributed by atoms with Gasteiger partial charge in [0.25, 0.3) is 0 Å². The molecule has 0 spiro atoms. The van der Waals surface area contributed by atoms with Gasteiger partial charge < -0.3 is 4.90 Å². The molecule has 1 aromatic carbocycles. The number of rotatable bonds is 12. The minimum Gasteiger partial charge on any atom is -0.346 e. The zero-order chi connectivity index (χ0) is 24.0. The van der Waals surface area contributed by atoms with Gasteiger partial charge in [0.1, 0.15) is 0 Å². The largest absolute Gasteiger partial charge is 0.346 e. The first-order valence-electron chi connectivity index (χ1n) is 13.6. The molecule has 0 fully saturated rings. The number of benzene rings is 1. The summed E-state index contributed by atoms with van der Waals surface area (Å²) in [5, 5.41) is 0. The van der Waals surface area contributed by atoms with E-state index >= 15 is 0 Å². The number of nitrogens with zero attached hydrogens (tertiary/aromatic N) is 1. The van der Waals surface area contributed by atoms with Crippen LogP contribution in [0.25, 0.3) is 5.70 Å². The average Bonchev–Trinajstić information content (AvgIpc) is 2.79. The predicted octanol–water partition coefficient (Wildman–Crippen LogP) is 9.36. The normalized spacial score (nSPS) is 17.6. The van der Waals surface area contributed by atoms with E-state index in [1.54, 1.807) is 11.1 Å². The number of hydrogen-bond donors (Lipinski definition) is 0. The molecule has 180 valence electrons. The molecule has 33 heavy (non-hydrogen) atoms. The molecular formula is C32H47N. The second kappa shape index (κ2) is 11.9. The van der Waals surface area contributed by atoms with Crippen LogP contribution < -0.4 is 0 Å². The summed E-state index contributed by atoms with van der Waals surface area (Å²) in [5.74, 6) is 1.33. The number of aryl methyl sites for hydroxylation is 2. The Hall–Kier alpha value is -2.02. The van der Waals surface area contributed by atoms with Crippen molar-refractivity contribution >= 4 is 5.70 Å². The van der Waals surface area contributed by atoms with Crippen molar-refractivity contribution in [1.29, 1.82) is 0 Å². The number of allylic oxidation sites excluding steroid dienone is 4. The third kappa shape index (κ3) is 6.11. The lowest BCUT2D eigenvalue weighted by Gasteiger charge is -2.40. The van der Waals surface area contributed by atoms with E-state index in [0.717, 1.165) is 37.3 Å². The van der Waals surface area contributed by atoms with Crippen LogP contribution in [0.5, 0.6) is 0 Å². The maximum Gasteiger partial charge on any atom is 0.0489 e. The predicted molar refractivity (Wildman–Crippen MR) is 146 cm³/mol. The van der Waals surface area contributed by atoms with E-state index in [0.29, 0.717) is 5.92 Å². The Labute approximate surface area is 204 Å². The maximum atomic E-state index is 4.43. The Balaban J connectivity index is 2.00. The van der Waals surface area contributed by atoms with E-state index in [4.69, 9.17) is 0 Å². The smallest absolute Gasteiger partial charge is 0.0489 e. The highest BCUT2D eigenvalue weighted by Crippen LogP contribution is 2.44. The van der Waals surface area contributed by atoms with Gasteiger partial charge in [-0.05, 0) is 83.6 Å². The van der Waals surface area contributed by atoms with E-state index in [9.17, 15) is 0 Å². The average molecular weight is 446 g/mol. The molecule has 0 N–H and O–H groups in total. The lowest BCUT2D eigenvalue weighted by molar-refractivity contribution is 0.401. The van der Waals surface area contributed by atoms with Crippen LogP contribution in [0.3, 0.4) is 0 Å². The third-order valence-electron chi connectivity index (χ3n) is 7.46. The molecule has 1 atom stereocenters. The lowest BCUT2D eigenvalue weighted by Crippen LogP contribution is -2.31. The van der Waals surface area contributed by atoms with E-state index in [2.05, 4.69) is 77.1 Å². The molecule has 0 saturated heterocycles. The second-order valence-corrected chi connectivity index (χ2v) is 10.6. The molecule has 2 aliphatic rings. The molecular weight excluding hydrogens is 398 g/mol. The Bertz CT molecular complexity index is 911. The first-order chi connectivity index (χ1) is 15.9. The summed E-state index contributed by atoms with van der Waals surface area (Å²) in [4.78, 5) is 2.51. The van der Waals surface area contributed by atoms with E-state index in [1.165, 1.54) is 72.9 Å². The Morgan fingerprint density at radius 1 is 1.06 bits per heavy atom. The summed E-state index contributed by atoms with van der Waals surface area (Å²) in [6.45, 7) is 21.4. The monoisotopic (exact) mass is 445 g/mol. The van der Waals surface area contributed by atoms with Crippen molar-refractivity contribution in [3.8, 4) is 0 Å². The van der Waals surface area contributed by atoms with Gasteiger partial charge in [-0.25, -0.2) is 0 Å². The minimum atomic E-state index is 0.586. The van der Waals surface area contributed by atoms with Crippen LogP contribution >= 0.6 is 0 Å². The molecule has 1 heteroatoms. The fourth-order valence-electron chi connectivity index (χ4n) is 5.46. The molecule has 0 aliphatic carbocycles. The van der Waals surface area contributed by atoms with Crippen molar-refractivity contribution in [2.24, 2.45) is 5.92 Å². The van der Waals surface area contributed by atoms with Gasteiger partial charge in [0.2, 0.25) is 0 Å². The van der Waals surface area contributed by atoms with Crippen molar-refractivity contribution in [3.05, 3.63) is 76.5 Å². The molecule has 0 saturated carbocycles. The van der Waals surface area contributed by atoms with Gasteiger partial charge in [0.05, 0.1) is 0 Å². The van der Waals surface area contributed by atoms with Crippen LogP contribution in [0, 0.1) is 5.92 Å². The molecule has 1 aromatic rings. The zero-order valence-electron chi connectivity index (χ0n) is 22.1.